The highest BCUT2D eigenvalue weighted by Gasteiger charge is 2.27. The van der Waals surface area contributed by atoms with E-state index in [0.29, 0.717) is 30.5 Å². The SMILES string of the molecule is O=C(NC1CC1)c1cc2n(n1)CCCN(C(=O)c1ccc[nH]1)C2. The fraction of sp³-hybridized carbons (Fsp3) is 0.438. The molecule has 0 radical (unpaired) electrons. The zero-order valence-corrected chi connectivity index (χ0v) is 12.8. The van der Waals surface area contributed by atoms with Crippen LogP contribution in [0.2, 0.25) is 0 Å². The zero-order valence-electron chi connectivity index (χ0n) is 12.8. The number of amides is 2. The fourth-order valence-electron chi connectivity index (χ4n) is 2.87. The van der Waals surface area contributed by atoms with Crippen molar-refractivity contribution in [1.82, 2.24) is 25.0 Å². The second-order valence-electron chi connectivity index (χ2n) is 6.16. The first kappa shape index (κ1) is 14.0. The van der Waals surface area contributed by atoms with Crippen LogP contribution in [0.4, 0.5) is 0 Å². The largest absolute Gasteiger partial charge is 0.357 e. The van der Waals surface area contributed by atoms with Crippen LogP contribution in [-0.4, -0.2) is 44.1 Å². The molecule has 2 amide bonds. The molecule has 7 nitrogen and oxygen atoms in total. The molecule has 0 aromatic carbocycles. The first-order valence-corrected chi connectivity index (χ1v) is 8.01. The summed E-state index contributed by atoms with van der Waals surface area (Å²) < 4.78 is 1.85. The maximum absolute atomic E-state index is 12.5. The minimum absolute atomic E-state index is 0.0198. The molecule has 2 aromatic rings. The van der Waals surface area contributed by atoms with Gasteiger partial charge in [0.25, 0.3) is 11.8 Å². The monoisotopic (exact) mass is 313 g/mol. The molecule has 4 rings (SSSR count). The molecular formula is C16H19N5O2. The Hall–Kier alpha value is -2.57. The molecule has 1 fully saturated rings. The summed E-state index contributed by atoms with van der Waals surface area (Å²) in [6, 6.07) is 5.71. The number of hydrogen-bond donors (Lipinski definition) is 2. The highest BCUT2D eigenvalue weighted by atomic mass is 16.2. The summed E-state index contributed by atoms with van der Waals surface area (Å²) in [6.45, 7) is 1.88. The van der Waals surface area contributed by atoms with Crippen LogP contribution in [-0.2, 0) is 13.1 Å². The summed E-state index contributed by atoms with van der Waals surface area (Å²) in [5.41, 5.74) is 1.94. The van der Waals surface area contributed by atoms with Crippen molar-refractivity contribution in [2.75, 3.05) is 6.54 Å². The van der Waals surface area contributed by atoms with Gasteiger partial charge in [0.1, 0.15) is 5.69 Å². The number of nitrogens with one attached hydrogen (secondary N) is 2. The first-order chi connectivity index (χ1) is 11.2. The summed E-state index contributed by atoms with van der Waals surface area (Å²) in [5, 5.41) is 7.36. The van der Waals surface area contributed by atoms with Gasteiger partial charge in [0.15, 0.2) is 5.69 Å². The second-order valence-corrected chi connectivity index (χ2v) is 6.16. The third-order valence-corrected chi connectivity index (χ3v) is 4.27. The number of aromatic amines is 1. The Morgan fingerprint density at radius 3 is 2.91 bits per heavy atom. The Labute approximate surface area is 133 Å². The molecule has 2 aromatic heterocycles. The lowest BCUT2D eigenvalue weighted by Gasteiger charge is -2.19. The van der Waals surface area contributed by atoms with E-state index in [2.05, 4.69) is 15.4 Å². The quantitative estimate of drug-likeness (QED) is 0.891. The normalized spacial score (nSPS) is 17.5. The van der Waals surface area contributed by atoms with Crippen molar-refractivity contribution in [1.29, 1.82) is 0 Å². The molecule has 7 heteroatoms. The molecular weight excluding hydrogens is 294 g/mol. The zero-order chi connectivity index (χ0) is 15.8. The molecule has 120 valence electrons. The van der Waals surface area contributed by atoms with Gasteiger partial charge >= 0.3 is 0 Å². The van der Waals surface area contributed by atoms with Crippen LogP contribution in [0.15, 0.2) is 24.4 Å². The lowest BCUT2D eigenvalue weighted by atomic mass is 10.3. The highest BCUT2D eigenvalue weighted by molar-refractivity contribution is 5.93. The summed E-state index contributed by atoms with van der Waals surface area (Å²) >= 11 is 0. The first-order valence-electron chi connectivity index (χ1n) is 8.01. The number of carbonyl (C=O) groups excluding carboxylic acids is 2. The summed E-state index contributed by atoms with van der Waals surface area (Å²) in [7, 11) is 0. The number of fused-ring (bicyclic) bond motifs is 1. The molecule has 2 aliphatic rings. The number of carbonyl (C=O) groups is 2. The van der Waals surface area contributed by atoms with Crippen LogP contribution in [0.25, 0.3) is 0 Å². The Morgan fingerprint density at radius 2 is 2.17 bits per heavy atom. The van der Waals surface area contributed by atoms with Crippen LogP contribution in [0.3, 0.4) is 0 Å². The van der Waals surface area contributed by atoms with E-state index in [1.54, 1.807) is 23.2 Å². The second kappa shape index (κ2) is 5.57. The van der Waals surface area contributed by atoms with E-state index >= 15 is 0 Å². The number of rotatable bonds is 3. The minimum atomic E-state index is -0.115. The van der Waals surface area contributed by atoms with Crippen molar-refractivity contribution >= 4 is 11.8 Å². The predicted molar refractivity (Wildman–Crippen MR) is 82.9 cm³/mol. The van der Waals surface area contributed by atoms with Gasteiger partial charge in [-0.2, -0.15) is 5.10 Å². The predicted octanol–water partition coefficient (Wildman–Crippen LogP) is 1.15. The molecule has 1 aliphatic heterocycles. The van der Waals surface area contributed by atoms with Crippen LogP contribution >= 0.6 is 0 Å². The topological polar surface area (TPSA) is 83.0 Å². The van der Waals surface area contributed by atoms with E-state index in [-0.39, 0.29) is 11.8 Å². The molecule has 23 heavy (non-hydrogen) atoms. The summed E-state index contributed by atoms with van der Waals surface area (Å²) in [6.07, 6.45) is 4.68. The smallest absolute Gasteiger partial charge is 0.272 e. The Balaban J connectivity index is 1.52. The van der Waals surface area contributed by atoms with Crippen molar-refractivity contribution in [2.24, 2.45) is 0 Å². The molecule has 1 saturated carbocycles. The lowest BCUT2D eigenvalue weighted by Crippen LogP contribution is -2.31. The average molecular weight is 313 g/mol. The summed E-state index contributed by atoms with van der Waals surface area (Å²) in [5.74, 6) is -0.135. The van der Waals surface area contributed by atoms with Gasteiger partial charge < -0.3 is 15.2 Å². The van der Waals surface area contributed by atoms with Crippen LogP contribution in [0.5, 0.6) is 0 Å². The molecule has 0 atom stereocenters. The van der Waals surface area contributed by atoms with Crippen molar-refractivity contribution < 1.29 is 9.59 Å². The van der Waals surface area contributed by atoms with Crippen molar-refractivity contribution in [3.05, 3.63) is 41.5 Å². The van der Waals surface area contributed by atoms with Crippen molar-refractivity contribution in [3.63, 3.8) is 0 Å². The van der Waals surface area contributed by atoms with Crippen LogP contribution < -0.4 is 5.32 Å². The van der Waals surface area contributed by atoms with Gasteiger partial charge in [0.05, 0.1) is 12.2 Å². The number of aryl methyl sites for hydroxylation is 1. The van der Waals surface area contributed by atoms with E-state index < -0.39 is 0 Å². The molecule has 1 aliphatic carbocycles. The fourth-order valence-corrected chi connectivity index (χ4v) is 2.87. The van der Waals surface area contributed by atoms with Gasteiger partial charge in [-0.05, 0) is 37.5 Å². The van der Waals surface area contributed by atoms with Gasteiger partial charge in [0.2, 0.25) is 0 Å². The highest BCUT2D eigenvalue weighted by Crippen LogP contribution is 2.20. The number of hydrogen-bond acceptors (Lipinski definition) is 3. The van der Waals surface area contributed by atoms with E-state index in [0.717, 1.165) is 31.5 Å². The van der Waals surface area contributed by atoms with Gasteiger partial charge in [-0.1, -0.05) is 0 Å². The van der Waals surface area contributed by atoms with E-state index in [1.165, 1.54) is 0 Å². The number of aromatic nitrogens is 3. The Morgan fingerprint density at radius 1 is 1.30 bits per heavy atom. The molecule has 0 bridgehead atoms. The summed E-state index contributed by atoms with van der Waals surface area (Å²) in [4.78, 5) is 29.4. The minimum Gasteiger partial charge on any atom is -0.357 e. The third kappa shape index (κ3) is 2.86. The van der Waals surface area contributed by atoms with Crippen molar-refractivity contribution in [2.45, 2.75) is 38.4 Å². The van der Waals surface area contributed by atoms with Gasteiger partial charge in [-0.15, -0.1) is 0 Å². The third-order valence-electron chi connectivity index (χ3n) is 4.27. The van der Waals surface area contributed by atoms with E-state index in [4.69, 9.17) is 0 Å². The Kier molecular flexibility index (Phi) is 3.40. The van der Waals surface area contributed by atoms with E-state index in [1.807, 2.05) is 10.7 Å². The molecule has 3 heterocycles. The van der Waals surface area contributed by atoms with Crippen LogP contribution in [0, 0.1) is 0 Å². The standard InChI is InChI=1S/C16H19N5O2/c22-15(18-11-4-5-11)14-9-12-10-20(7-2-8-21(12)19-14)16(23)13-3-1-6-17-13/h1,3,6,9,11,17H,2,4-5,7-8,10H2,(H,18,22). The van der Waals surface area contributed by atoms with E-state index in [9.17, 15) is 9.59 Å². The molecule has 0 unspecified atom stereocenters. The lowest BCUT2D eigenvalue weighted by molar-refractivity contribution is 0.0740. The van der Waals surface area contributed by atoms with Crippen LogP contribution in [0.1, 0.15) is 45.9 Å². The van der Waals surface area contributed by atoms with Gasteiger partial charge in [0, 0.05) is 25.3 Å². The van der Waals surface area contributed by atoms with Crippen molar-refractivity contribution in [3.8, 4) is 0 Å². The molecule has 2 N–H and O–H groups in total. The average Bonchev–Trinajstić information content (AvgIpc) is 3.09. The maximum atomic E-state index is 12.5. The number of H-pyrrole nitrogens is 1. The Bertz CT molecular complexity index is 730. The van der Waals surface area contributed by atoms with Gasteiger partial charge in [-0.3, -0.25) is 14.3 Å². The van der Waals surface area contributed by atoms with Gasteiger partial charge in [-0.25, -0.2) is 0 Å². The maximum Gasteiger partial charge on any atom is 0.272 e. The number of nitrogens with zero attached hydrogens (tertiary/aromatic N) is 3. The molecule has 0 saturated heterocycles. The molecule has 0 spiro atoms.